The SMILES string of the molecule is Brc1ccccc1-c1cc(-c2ccccc2)ccc1I. The highest BCUT2D eigenvalue weighted by Crippen LogP contribution is 2.34. The molecular weight excluding hydrogens is 423 g/mol. The molecule has 0 spiro atoms. The number of benzene rings is 3. The van der Waals surface area contributed by atoms with Gasteiger partial charge >= 0.3 is 0 Å². The van der Waals surface area contributed by atoms with Gasteiger partial charge in [-0.25, -0.2) is 0 Å². The van der Waals surface area contributed by atoms with Crippen molar-refractivity contribution in [1.82, 2.24) is 0 Å². The fourth-order valence-electron chi connectivity index (χ4n) is 2.22. The molecule has 20 heavy (non-hydrogen) atoms. The van der Waals surface area contributed by atoms with E-state index in [2.05, 4.69) is 99.2 Å². The van der Waals surface area contributed by atoms with E-state index in [4.69, 9.17) is 0 Å². The van der Waals surface area contributed by atoms with Crippen LogP contribution < -0.4 is 0 Å². The van der Waals surface area contributed by atoms with Crippen molar-refractivity contribution in [3.8, 4) is 22.3 Å². The van der Waals surface area contributed by atoms with E-state index in [1.54, 1.807) is 0 Å². The van der Waals surface area contributed by atoms with Gasteiger partial charge in [0.05, 0.1) is 0 Å². The zero-order valence-corrected chi connectivity index (χ0v) is 14.4. The molecule has 3 aromatic rings. The van der Waals surface area contributed by atoms with Crippen molar-refractivity contribution in [3.63, 3.8) is 0 Å². The lowest BCUT2D eigenvalue weighted by atomic mass is 9.99. The van der Waals surface area contributed by atoms with Crippen molar-refractivity contribution >= 4 is 38.5 Å². The fourth-order valence-corrected chi connectivity index (χ4v) is 3.35. The Kier molecular flexibility index (Phi) is 4.22. The molecule has 0 radical (unpaired) electrons. The third-order valence-electron chi connectivity index (χ3n) is 3.24. The van der Waals surface area contributed by atoms with Crippen molar-refractivity contribution in [2.45, 2.75) is 0 Å². The van der Waals surface area contributed by atoms with E-state index in [9.17, 15) is 0 Å². The minimum absolute atomic E-state index is 1.13. The monoisotopic (exact) mass is 434 g/mol. The van der Waals surface area contributed by atoms with Gasteiger partial charge in [-0.05, 0) is 63.0 Å². The molecule has 0 saturated carbocycles. The van der Waals surface area contributed by atoms with Crippen LogP contribution in [0.3, 0.4) is 0 Å². The van der Waals surface area contributed by atoms with Crippen LogP contribution in [0.5, 0.6) is 0 Å². The van der Waals surface area contributed by atoms with Crippen LogP contribution in [0, 0.1) is 3.57 Å². The highest BCUT2D eigenvalue weighted by atomic mass is 127. The van der Waals surface area contributed by atoms with E-state index in [-0.39, 0.29) is 0 Å². The molecule has 0 fully saturated rings. The van der Waals surface area contributed by atoms with Crippen molar-refractivity contribution in [2.75, 3.05) is 0 Å². The Morgan fingerprint density at radius 2 is 1.35 bits per heavy atom. The predicted octanol–water partition coefficient (Wildman–Crippen LogP) is 6.39. The summed E-state index contributed by atoms with van der Waals surface area (Å²) in [6, 6.07) is 25.5. The summed E-state index contributed by atoms with van der Waals surface area (Å²) in [5.74, 6) is 0. The summed E-state index contributed by atoms with van der Waals surface area (Å²) >= 11 is 6.04. The first-order chi connectivity index (χ1) is 9.75. The van der Waals surface area contributed by atoms with Crippen molar-refractivity contribution in [2.24, 2.45) is 0 Å². The molecule has 0 aromatic heterocycles. The Balaban J connectivity index is 2.15. The third kappa shape index (κ3) is 2.81. The van der Waals surface area contributed by atoms with E-state index in [1.165, 1.54) is 25.8 Å². The summed E-state index contributed by atoms with van der Waals surface area (Å²) in [7, 11) is 0. The summed E-state index contributed by atoms with van der Waals surface area (Å²) in [6.07, 6.45) is 0. The molecule has 0 atom stereocenters. The first-order valence-corrected chi connectivity index (χ1v) is 8.23. The highest BCUT2D eigenvalue weighted by Gasteiger charge is 2.08. The third-order valence-corrected chi connectivity index (χ3v) is 4.87. The predicted molar refractivity (Wildman–Crippen MR) is 97.7 cm³/mol. The molecule has 0 aliphatic heterocycles. The van der Waals surface area contributed by atoms with Gasteiger partial charge in [0.15, 0.2) is 0 Å². The molecule has 0 unspecified atom stereocenters. The lowest BCUT2D eigenvalue weighted by molar-refractivity contribution is 1.54. The average molecular weight is 435 g/mol. The molecule has 98 valence electrons. The standard InChI is InChI=1S/C18H12BrI/c19-17-9-5-4-8-15(17)16-12-14(10-11-18(16)20)13-6-2-1-3-7-13/h1-12H. The molecule has 0 heterocycles. The van der Waals surface area contributed by atoms with E-state index < -0.39 is 0 Å². The van der Waals surface area contributed by atoms with Crippen molar-refractivity contribution < 1.29 is 0 Å². The minimum Gasteiger partial charge on any atom is -0.0622 e. The van der Waals surface area contributed by atoms with E-state index in [1.807, 2.05) is 12.1 Å². The van der Waals surface area contributed by atoms with Crippen LogP contribution in [0.2, 0.25) is 0 Å². The lowest BCUT2D eigenvalue weighted by Gasteiger charge is -2.10. The summed E-state index contributed by atoms with van der Waals surface area (Å²) in [4.78, 5) is 0. The van der Waals surface area contributed by atoms with Gasteiger partial charge in [-0.15, -0.1) is 0 Å². The topological polar surface area (TPSA) is 0 Å². The Morgan fingerprint density at radius 1 is 0.650 bits per heavy atom. The van der Waals surface area contributed by atoms with Crippen LogP contribution in [0.15, 0.2) is 77.3 Å². The maximum atomic E-state index is 3.64. The normalized spacial score (nSPS) is 10.5. The summed E-state index contributed by atoms with van der Waals surface area (Å²) < 4.78 is 2.39. The zero-order chi connectivity index (χ0) is 13.9. The number of hydrogen-bond acceptors (Lipinski definition) is 0. The van der Waals surface area contributed by atoms with Crippen LogP contribution in [0.1, 0.15) is 0 Å². The summed E-state index contributed by atoms with van der Waals surface area (Å²) in [6.45, 7) is 0. The summed E-state index contributed by atoms with van der Waals surface area (Å²) in [5.41, 5.74) is 4.99. The second-order valence-electron chi connectivity index (χ2n) is 4.54. The second kappa shape index (κ2) is 6.10. The highest BCUT2D eigenvalue weighted by molar-refractivity contribution is 14.1. The maximum Gasteiger partial charge on any atom is 0.0254 e. The molecule has 2 heteroatoms. The molecule has 0 amide bonds. The zero-order valence-electron chi connectivity index (χ0n) is 10.7. The fraction of sp³-hybridized carbons (Fsp3) is 0. The van der Waals surface area contributed by atoms with Gasteiger partial charge in [0, 0.05) is 8.04 Å². The smallest absolute Gasteiger partial charge is 0.0254 e. The van der Waals surface area contributed by atoms with Gasteiger partial charge in [0.1, 0.15) is 0 Å². The van der Waals surface area contributed by atoms with Crippen molar-refractivity contribution in [3.05, 3.63) is 80.8 Å². The van der Waals surface area contributed by atoms with E-state index in [0.29, 0.717) is 0 Å². The second-order valence-corrected chi connectivity index (χ2v) is 6.56. The Morgan fingerprint density at radius 3 is 2.10 bits per heavy atom. The molecule has 0 aliphatic carbocycles. The Hall–Kier alpha value is -1.13. The van der Waals surface area contributed by atoms with Crippen LogP contribution >= 0.6 is 38.5 Å². The molecule has 3 aromatic carbocycles. The molecule has 3 rings (SSSR count). The van der Waals surface area contributed by atoms with E-state index in [0.717, 1.165) is 4.47 Å². The van der Waals surface area contributed by atoms with E-state index >= 15 is 0 Å². The molecule has 0 bridgehead atoms. The number of hydrogen-bond donors (Lipinski definition) is 0. The minimum atomic E-state index is 1.13. The summed E-state index contributed by atoms with van der Waals surface area (Å²) in [5, 5.41) is 0. The van der Waals surface area contributed by atoms with Crippen LogP contribution in [0.4, 0.5) is 0 Å². The van der Waals surface area contributed by atoms with Gasteiger partial charge in [-0.3, -0.25) is 0 Å². The quantitative estimate of drug-likeness (QED) is 0.410. The Bertz CT molecular complexity index is 735. The van der Waals surface area contributed by atoms with Crippen LogP contribution in [0.25, 0.3) is 22.3 Å². The lowest BCUT2D eigenvalue weighted by Crippen LogP contribution is -1.86. The molecule has 0 N–H and O–H groups in total. The van der Waals surface area contributed by atoms with Crippen LogP contribution in [-0.4, -0.2) is 0 Å². The van der Waals surface area contributed by atoms with Gasteiger partial charge < -0.3 is 0 Å². The number of halogens is 2. The van der Waals surface area contributed by atoms with Gasteiger partial charge in [-0.1, -0.05) is 70.5 Å². The molecule has 0 nitrogen and oxygen atoms in total. The average Bonchev–Trinajstić information content (AvgIpc) is 2.49. The van der Waals surface area contributed by atoms with Gasteiger partial charge in [0.25, 0.3) is 0 Å². The molecule has 0 saturated heterocycles. The number of rotatable bonds is 2. The van der Waals surface area contributed by atoms with Gasteiger partial charge in [-0.2, -0.15) is 0 Å². The maximum absolute atomic E-state index is 3.64. The molecular formula is C18H12BrI. The first kappa shape index (κ1) is 13.8. The molecule has 0 aliphatic rings. The first-order valence-electron chi connectivity index (χ1n) is 6.35. The van der Waals surface area contributed by atoms with Crippen molar-refractivity contribution in [1.29, 1.82) is 0 Å². The largest absolute Gasteiger partial charge is 0.0622 e. The van der Waals surface area contributed by atoms with Crippen LogP contribution in [-0.2, 0) is 0 Å². The Labute approximate surface area is 141 Å². The van der Waals surface area contributed by atoms with Gasteiger partial charge in [0.2, 0.25) is 0 Å².